The second kappa shape index (κ2) is 6.40. The molecule has 0 aliphatic rings. The molecule has 0 fully saturated rings. The highest BCUT2D eigenvalue weighted by Gasteiger charge is 2.20. The normalized spacial score (nSPS) is 12.2. The molecule has 3 heteroatoms. The first-order valence-corrected chi connectivity index (χ1v) is 5.98. The number of ether oxygens (including phenoxy) is 1. The highest BCUT2D eigenvalue weighted by Crippen LogP contribution is 2.18. The summed E-state index contributed by atoms with van der Waals surface area (Å²) in [4.78, 5) is 11.8. The van der Waals surface area contributed by atoms with E-state index in [1.807, 2.05) is 26.0 Å². The number of nitrogens with one attached hydrogen (secondary N) is 1. The average molecular weight is 235 g/mol. The van der Waals surface area contributed by atoms with E-state index in [-0.39, 0.29) is 12.0 Å². The van der Waals surface area contributed by atoms with Gasteiger partial charge >= 0.3 is 5.97 Å². The lowest BCUT2D eigenvalue weighted by Crippen LogP contribution is -2.30. The van der Waals surface area contributed by atoms with Crippen LogP contribution in [0.15, 0.2) is 18.2 Å². The van der Waals surface area contributed by atoms with E-state index < -0.39 is 0 Å². The van der Waals surface area contributed by atoms with E-state index in [9.17, 15) is 4.79 Å². The van der Waals surface area contributed by atoms with Crippen LogP contribution in [0.25, 0.3) is 0 Å². The van der Waals surface area contributed by atoms with Gasteiger partial charge in [-0.2, -0.15) is 0 Å². The lowest BCUT2D eigenvalue weighted by atomic mass is 10.0. The maximum absolute atomic E-state index is 11.8. The monoisotopic (exact) mass is 235 g/mol. The molecule has 1 aromatic carbocycles. The van der Waals surface area contributed by atoms with Gasteiger partial charge in [0.05, 0.1) is 7.11 Å². The Morgan fingerprint density at radius 2 is 1.88 bits per heavy atom. The van der Waals surface area contributed by atoms with Crippen LogP contribution < -0.4 is 5.32 Å². The standard InChI is InChI=1S/C14H21NO2/c1-5-6-15-13(14(16)17-4)12-8-10(2)7-11(3)9-12/h7-9,13,15H,5-6H2,1-4H3. The van der Waals surface area contributed by atoms with Crippen molar-refractivity contribution in [3.8, 4) is 0 Å². The van der Waals surface area contributed by atoms with Crippen molar-refractivity contribution < 1.29 is 9.53 Å². The number of aryl methyl sites for hydroxylation is 2. The van der Waals surface area contributed by atoms with E-state index in [0.717, 1.165) is 29.7 Å². The molecule has 1 rings (SSSR count). The first-order valence-electron chi connectivity index (χ1n) is 5.98. The fourth-order valence-corrected chi connectivity index (χ4v) is 1.92. The number of esters is 1. The summed E-state index contributed by atoms with van der Waals surface area (Å²) in [6, 6.07) is 5.78. The topological polar surface area (TPSA) is 38.3 Å². The molecular formula is C14H21NO2. The lowest BCUT2D eigenvalue weighted by molar-refractivity contribution is -0.143. The minimum Gasteiger partial charge on any atom is -0.468 e. The molecule has 0 aliphatic carbocycles. The molecule has 0 saturated carbocycles. The molecule has 0 aliphatic heterocycles. The van der Waals surface area contributed by atoms with Gasteiger partial charge in [0, 0.05) is 0 Å². The molecule has 1 atom stereocenters. The molecule has 0 heterocycles. The molecule has 1 unspecified atom stereocenters. The van der Waals surface area contributed by atoms with Crippen LogP contribution >= 0.6 is 0 Å². The summed E-state index contributed by atoms with van der Waals surface area (Å²) in [5, 5.41) is 3.22. The molecular weight excluding hydrogens is 214 g/mol. The van der Waals surface area contributed by atoms with Crippen LogP contribution in [0.5, 0.6) is 0 Å². The third kappa shape index (κ3) is 3.86. The number of hydrogen-bond donors (Lipinski definition) is 1. The van der Waals surface area contributed by atoms with Crippen molar-refractivity contribution in [2.45, 2.75) is 33.2 Å². The smallest absolute Gasteiger partial charge is 0.327 e. The zero-order valence-electron chi connectivity index (χ0n) is 11.0. The number of benzene rings is 1. The molecule has 0 radical (unpaired) electrons. The zero-order chi connectivity index (χ0) is 12.8. The molecule has 0 saturated heterocycles. The van der Waals surface area contributed by atoms with Gasteiger partial charge in [0.2, 0.25) is 0 Å². The van der Waals surface area contributed by atoms with E-state index >= 15 is 0 Å². The number of hydrogen-bond acceptors (Lipinski definition) is 3. The van der Waals surface area contributed by atoms with E-state index in [4.69, 9.17) is 4.74 Å². The molecule has 3 nitrogen and oxygen atoms in total. The fraction of sp³-hybridized carbons (Fsp3) is 0.500. The molecule has 94 valence electrons. The molecule has 0 amide bonds. The van der Waals surface area contributed by atoms with Crippen LogP contribution in [0.3, 0.4) is 0 Å². The summed E-state index contributed by atoms with van der Waals surface area (Å²) >= 11 is 0. The van der Waals surface area contributed by atoms with E-state index in [2.05, 4.69) is 18.3 Å². The third-order valence-corrected chi connectivity index (χ3v) is 2.61. The second-order valence-corrected chi connectivity index (χ2v) is 4.33. The van der Waals surface area contributed by atoms with Crippen molar-refractivity contribution in [1.29, 1.82) is 0 Å². The van der Waals surface area contributed by atoms with Crippen LogP contribution in [-0.2, 0) is 9.53 Å². The van der Waals surface area contributed by atoms with Crippen molar-refractivity contribution in [3.63, 3.8) is 0 Å². The summed E-state index contributed by atoms with van der Waals surface area (Å²) in [6.45, 7) is 6.94. The fourth-order valence-electron chi connectivity index (χ4n) is 1.92. The lowest BCUT2D eigenvalue weighted by Gasteiger charge is -2.17. The van der Waals surface area contributed by atoms with Gasteiger partial charge in [-0.15, -0.1) is 0 Å². The summed E-state index contributed by atoms with van der Waals surface area (Å²) in [6.07, 6.45) is 0.984. The number of methoxy groups -OCH3 is 1. The predicted octanol–water partition coefficient (Wildman–Crippen LogP) is 2.52. The Bertz CT molecular complexity index is 368. The highest BCUT2D eigenvalue weighted by molar-refractivity contribution is 5.77. The van der Waals surface area contributed by atoms with Gasteiger partial charge in [-0.05, 0) is 32.4 Å². The molecule has 0 spiro atoms. The second-order valence-electron chi connectivity index (χ2n) is 4.33. The van der Waals surface area contributed by atoms with Crippen molar-refractivity contribution >= 4 is 5.97 Å². The Hall–Kier alpha value is -1.35. The van der Waals surface area contributed by atoms with Gasteiger partial charge in [-0.3, -0.25) is 0 Å². The van der Waals surface area contributed by atoms with Crippen LogP contribution in [-0.4, -0.2) is 19.6 Å². The SMILES string of the molecule is CCCNC(C(=O)OC)c1cc(C)cc(C)c1. The average Bonchev–Trinajstić information content (AvgIpc) is 2.28. The number of rotatable bonds is 5. The molecule has 1 aromatic rings. The first kappa shape index (κ1) is 13.7. The Kier molecular flexibility index (Phi) is 5.16. The van der Waals surface area contributed by atoms with Crippen LogP contribution in [0.4, 0.5) is 0 Å². The van der Waals surface area contributed by atoms with Crippen LogP contribution in [0.2, 0.25) is 0 Å². The summed E-state index contributed by atoms with van der Waals surface area (Å²) in [7, 11) is 1.42. The highest BCUT2D eigenvalue weighted by atomic mass is 16.5. The quantitative estimate of drug-likeness (QED) is 0.797. The molecule has 17 heavy (non-hydrogen) atoms. The van der Waals surface area contributed by atoms with Gasteiger partial charge in [0.15, 0.2) is 0 Å². The predicted molar refractivity (Wildman–Crippen MR) is 69.0 cm³/mol. The molecule has 1 N–H and O–H groups in total. The van der Waals surface area contributed by atoms with E-state index in [0.29, 0.717) is 0 Å². The van der Waals surface area contributed by atoms with Crippen LogP contribution in [0.1, 0.15) is 36.1 Å². The number of carbonyl (C=O) groups excluding carboxylic acids is 1. The van der Waals surface area contributed by atoms with Gasteiger partial charge < -0.3 is 10.1 Å². The Morgan fingerprint density at radius 3 is 2.35 bits per heavy atom. The summed E-state index contributed by atoms with van der Waals surface area (Å²) in [5.74, 6) is -0.233. The minimum absolute atomic E-state index is 0.233. The van der Waals surface area contributed by atoms with Crippen molar-refractivity contribution in [1.82, 2.24) is 5.32 Å². The van der Waals surface area contributed by atoms with Gasteiger partial charge in [-0.1, -0.05) is 36.2 Å². The first-order chi connectivity index (χ1) is 8.08. The van der Waals surface area contributed by atoms with Gasteiger partial charge in [0.25, 0.3) is 0 Å². The summed E-state index contributed by atoms with van der Waals surface area (Å²) < 4.78 is 4.84. The summed E-state index contributed by atoms with van der Waals surface area (Å²) in [5.41, 5.74) is 3.29. The minimum atomic E-state index is -0.362. The molecule has 0 bridgehead atoms. The molecule has 0 aromatic heterocycles. The largest absolute Gasteiger partial charge is 0.468 e. The van der Waals surface area contributed by atoms with Gasteiger partial charge in [-0.25, -0.2) is 4.79 Å². The maximum atomic E-state index is 11.8. The maximum Gasteiger partial charge on any atom is 0.327 e. The van der Waals surface area contributed by atoms with Crippen LogP contribution in [0, 0.1) is 13.8 Å². The number of carbonyl (C=O) groups is 1. The third-order valence-electron chi connectivity index (χ3n) is 2.61. The Balaban J connectivity index is 2.98. The Morgan fingerprint density at radius 1 is 1.29 bits per heavy atom. The Labute approximate surface area is 103 Å². The van der Waals surface area contributed by atoms with E-state index in [1.54, 1.807) is 0 Å². The van der Waals surface area contributed by atoms with Crippen molar-refractivity contribution in [3.05, 3.63) is 34.9 Å². The zero-order valence-corrected chi connectivity index (χ0v) is 11.0. The van der Waals surface area contributed by atoms with Crippen molar-refractivity contribution in [2.75, 3.05) is 13.7 Å². The van der Waals surface area contributed by atoms with Crippen molar-refractivity contribution in [2.24, 2.45) is 0 Å². The van der Waals surface area contributed by atoms with Gasteiger partial charge in [0.1, 0.15) is 6.04 Å². The van der Waals surface area contributed by atoms with E-state index in [1.165, 1.54) is 7.11 Å².